The third-order valence-corrected chi connectivity index (χ3v) is 5.51. The molecule has 0 bridgehead atoms. The van der Waals surface area contributed by atoms with Crippen molar-refractivity contribution in [3.8, 4) is 0 Å². The lowest BCUT2D eigenvalue weighted by Crippen LogP contribution is -2.26. The van der Waals surface area contributed by atoms with Crippen LogP contribution < -0.4 is 10.2 Å². The Hall–Kier alpha value is -2.39. The molecule has 2 aliphatic heterocycles. The second kappa shape index (κ2) is 7.08. The molecule has 7 nitrogen and oxygen atoms in total. The molecule has 2 aliphatic rings. The Balaban J connectivity index is 1.42. The molecule has 1 aromatic carbocycles. The lowest BCUT2D eigenvalue weighted by Gasteiger charge is -2.16. The maximum Gasteiger partial charge on any atom is 0.255 e. The summed E-state index contributed by atoms with van der Waals surface area (Å²) in [5.41, 5.74) is 0.662. The molecule has 0 radical (unpaired) electrons. The molecule has 2 aromatic rings. The number of ether oxygens (including phenoxy) is 1. The predicted octanol–water partition coefficient (Wildman–Crippen LogP) is 2.32. The van der Waals surface area contributed by atoms with Gasteiger partial charge in [0.25, 0.3) is 5.91 Å². The first-order chi connectivity index (χ1) is 12.6. The van der Waals surface area contributed by atoms with Crippen LogP contribution in [0.15, 0.2) is 24.3 Å². The zero-order valence-corrected chi connectivity index (χ0v) is 14.7. The van der Waals surface area contributed by atoms with E-state index in [9.17, 15) is 14.0 Å². The van der Waals surface area contributed by atoms with E-state index < -0.39 is 6.10 Å². The van der Waals surface area contributed by atoms with E-state index in [-0.39, 0.29) is 23.5 Å². The molecule has 0 aliphatic carbocycles. The van der Waals surface area contributed by atoms with Gasteiger partial charge >= 0.3 is 0 Å². The summed E-state index contributed by atoms with van der Waals surface area (Å²) in [4.78, 5) is 26.0. The molecule has 2 atom stereocenters. The Morgan fingerprint density at radius 1 is 1.31 bits per heavy atom. The number of carbonyl (C=O) groups is 2. The van der Waals surface area contributed by atoms with Gasteiger partial charge in [-0.3, -0.25) is 14.9 Å². The molecule has 0 unspecified atom stereocenters. The maximum absolute atomic E-state index is 13.1. The van der Waals surface area contributed by atoms with E-state index in [1.54, 1.807) is 17.0 Å². The number of hydrogen-bond acceptors (Lipinski definition) is 6. The van der Waals surface area contributed by atoms with E-state index in [1.807, 2.05) is 0 Å². The van der Waals surface area contributed by atoms with Gasteiger partial charge in [-0.1, -0.05) is 11.3 Å². The minimum absolute atomic E-state index is 0.0400. The number of benzene rings is 1. The van der Waals surface area contributed by atoms with Crippen LogP contribution in [0.4, 0.5) is 15.2 Å². The normalized spacial score (nSPS) is 22.8. The summed E-state index contributed by atoms with van der Waals surface area (Å²) in [6, 6.07) is 5.84. The summed E-state index contributed by atoms with van der Waals surface area (Å²) in [6.07, 6.45) is 1.47. The molecule has 26 heavy (non-hydrogen) atoms. The Morgan fingerprint density at radius 3 is 2.85 bits per heavy atom. The Labute approximate surface area is 153 Å². The Morgan fingerprint density at radius 2 is 2.12 bits per heavy atom. The summed E-state index contributed by atoms with van der Waals surface area (Å²) in [5.74, 6) is -0.687. The number of aromatic nitrogens is 2. The number of carbonyl (C=O) groups excluding carboxylic acids is 2. The van der Waals surface area contributed by atoms with Crippen molar-refractivity contribution in [3.05, 3.63) is 35.1 Å². The number of nitrogens with zero attached hydrogens (tertiary/aromatic N) is 3. The van der Waals surface area contributed by atoms with Gasteiger partial charge in [0, 0.05) is 31.2 Å². The van der Waals surface area contributed by atoms with Crippen molar-refractivity contribution < 1.29 is 18.7 Å². The van der Waals surface area contributed by atoms with Crippen molar-refractivity contribution in [2.24, 2.45) is 0 Å². The van der Waals surface area contributed by atoms with Crippen LogP contribution in [-0.2, 0) is 14.3 Å². The van der Waals surface area contributed by atoms with Crippen LogP contribution in [0.2, 0.25) is 0 Å². The van der Waals surface area contributed by atoms with E-state index in [1.165, 1.54) is 23.5 Å². The van der Waals surface area contributed by atoms with Gasteiger partial charge in [0.15, 0.2) is 0 Å². The molecule has 136 valence electrons. The maximum atomic E-state index is 13.1. The van der Waals surface area contributed by atoms with E-state index in [0.717, 1.165) is 6.42 Å². The fraction of sp³-hybridized carbons (Fsp3) is 0.412. The third kappa shape index (κ3) is 3.45. The molecule has 4 rings (SSSR count). The average Bonchev–Trinajstić information content (AvgIpc) is 3.36. The number of anilines is 2. The second-order valence-electron chi connectivity index (χ2n) is 6.32. The molecule has 3 heterocycles. The highest BCUT2D eigenvalue weighted by molar-refractivity contribution is 7.15. The first-order valence-electron chi connectivity index (χ1n) is 8.42. The minimum Gasteiger partial charge on any atom is -0.368 e. The molecule has 1 aromatic heterocycles. The van der Waals surface area contributed by atoms with Crippen molar-refractivity contribution in [2.75, 3.05) is 23.4 Å². The van der Waals surface area contributed by atoms with Gasteiger partial charge in [-0.25, -0.2) is 4.39 Å². The van der Waals surface area contributed by atoms with Crippen LogP contribution >= 0.6 is 11.3 Å². The van der Waals surface area contributed by atoms with Crippen LogP contribution in [-0.4, -0.2) is 41.3 Å². The molecule has 2 fully saturated rings. The van der Waals surface area contributed by atoms with Gasteiger partial charge in [0.2, 0.25) is 11.0 Å². The van der Waals surface area contributed by atoms with Crippen LogP contribution in [0.5, 0.6) is 0 Å². The average molecular weight is 376 g/mol. The summed E-state index contributed by atoms with van der Waals surface area (Å²) in [6.45, 7) is 1.06. The standard InChI is InChI=1S/C17H17FN4O3S/c18-11-3-5-12(6-4-11)22-9-10(8-14(22)23)16-20-21-17(26-16)19-15(24)13-2-1-7-25-13/h3-6,10,13H,1-2,7-9H2,(H,19,21,24)/t10-,13+/m0/s1. The van der Waals surface area contributed by atoms with Gasteiger partial charge in [-0.15, -0.1) is 10.2 Å². The zero-order valence-electron chi connectivity index (χ0n) is 13.9. The van der Waals surface area contributed by atoms with Gasteiger partial charge in [-0.05, 0) is 37.1 Å². The van der Waals surface area contributed by atoms with E-state index in [2.05, 4.69) is 15.5 Å². The number of rotatable bonds is 4. The van der Waals surface area contributed by atoms with Crippen LogP contribution in [0.3, 0.4) is 0 Å². The highest BCUT2D eigenvalue weighted by Gasteiger charge is 2.34. The second-order valence-corrected chi connectivity index (χ2v) is 7.33. The van der Waals surface area contributed by atoms with Crippen LogP contribution in [0, 0.1) is 5.82 Å². The minimum atomic E-state index is -0.427. The molecular formula is C17H17FN4O3S. The molecule has 2 amide bonds. The highest BCUT2D eigenvalue weighted by Crippen LogP contribution is 2.34. The van der Waals surface area contributed by atoms with Crippen molar-refractivity contribution in [3.63, 3.8) is 0 Å². The lowest BCUT2D eigenvalue weighted by atomic mass is 10.1. The first-order valence-corrected chi connectivity index (χ1v) is 9.23. The van der Waals surface area contributed by atoms with Crippen molar-refractivity contribution in [1.82, 2.24) is 10.2 Å². The van der Waals surface area contributed by atoms with Gasteiger partial charge < -0.3 is 9.64 Å². The van der Waals surface area contributed by atoms with Gasteiger partial charge in [0.05, 0.1) is 0 Å². The smallest absolute Gasteiger partial charge is 0.255 e. The summed E-state index contributed by atoms with van der Waals surface area (Å²) < 4.78 is 18.4. The predicted molar refractivity (Wildman–Crippen MR) is 93.6 cm³/mol. The summed E-state index contributed by atoms with van der Waals surface area (Å²) >= 11 is 1.27. The quantitative estimate of drug-likeness (QED) is 0.885. The number of nitrogens with one attached hydrogen (secondary N) is 1. The molecule has 2 saturated heterocycles. The molecule has 1 N–H and O–H groups in total. The van der Waals surface area contributed by atoms with Crippen molar-refractivity contribution >= 4 is 34.0 Å². The fourth-order valence-corrected chi connectivity index (χ4v) is 4.00. The SMILES string of the molecule is O=C(Nc1nnc([C@H]2CC(=O)N(c3ccc(F)cc3)C2)s1)[C@H]1CCCO1. The third-order valence-electron chi connectivity index (χ3n) is 4.51. The number of hydrogen-bond donors (Lipinski definition) is 1. The van der Waals surface area contributed by atoms with E-state index in [4.69, 9.17) is 4.74 Å². The summed E-state index contributed by atoms with van der Waals surface area (Å²) in [5, 5.41) is 12.0. The summed E-state index contributed by atoms with van der Waals surface area (Å²) in [7, 11) is 0. The van der Waals surface area contributed by atoms with Gasteiger partial charge in [-0.2, -0.15) is 0 Å². The molecular weight excluding hydrogens is 359 g/mol. The van der Waals surface area contributed by atoms with E-state index >= 15 is 0 Å². The van der Waals surface area contributed by atoms with Crippen molar-refractivity contribution in [1.29, 1.82) is 0 Å². The first kappa shape index (κ1) is 17.0. The molecule has 9 heteroatoms. The van der Waals surface area contributed by atoms with Gasteiger partial charge in [0.1, 0.15) is 16.9 Å². The zero-order chi connectivity index (χ0) is 18.1. The lowest BCUT2D eigenvalue weighted by molar-refractivity contribution is -0.124. The highest BCUT2D eigenvalue weighted by atomic mass is 32.1. The Bertz CT molecular complexity index is 820. The molecule has 0 saturated carbocycles. The largest absolute Gasteiger partial charge is 0.368 e. The number of amides is 2. The Kier molecular flexibility index (Phi) is 4.64. The van der Waals surface area contributed by atoms with E-state index in [0.29, 0.717) is 41.8 Å². The number of halogens is 1. The monoisotopic (exact) mass is 376 g/mol. The topological polar surface area (TPSA) is 84.4 Å². The van der Waals surface area contributed by atoms with Crippen LogP contribution in [0.25, 0.3) is 0 Å². The van der Waals surface area contributed by atoms with Crippen molar-refractivity contribution in [2.45, 2.75) is 31.3 Å². The van der Waals surface area contributed by atoms with Crippen LogP contribution in [0.1, 0.15) is 30.2 Å². The molecule has 0 spiro atoms. The fourth-order valence-electron chi connectivity index (χ4n) is 3.16.